The molecule has 1 amide bonds. The normalized spacial score (nSPS) is 10.8. The van der Waals surface area contributed by atoms with Gasteiger partial charge in [0.1, 0.15) is 0 Å². The Balaban J connectivity index is 2.56. The molecule has 9 heteroatoms. The summed E-state index contributed by atoms with van der Waals surface area (Å²) in [5.74, 6) is -0.301. The van der Waals surface area contributed by atoms with E-state index in [1.54, 1.807) is 6.92 Å². The number of hydrazone groups is 1. The molecule has 0 aromatic heterocycles. The quantitative estimate of drug-likeness (QED) is 0.324. The standard InChI is InChI=1S/C11H13N5O3S/c1-7(14-15-11(12)20)6-10(17)13-8-2-4-9(5-3-8)16(18)19/h2-5H,6H2,1H3,(H,13,17)(H3,12,15,20)/b14-7-. The van der Waals surface area contributed by atoms with Gasteiger partial charge in [0.25, 0.3) is 5.69 Å². The summed E-state index contributed by atoms with van der Waals surface area (Å²) in [5, 5.41) is 16.9. The van der Waals surface area contributed by atoms with E-state index in [1.807, 2.05) is 0 Å². The number of nitro groups is 1. The molecule has 0 saturated heterocycles. The van der Waals surface area contributed by atoms with Crippen molar-refractivity contribution in [1.82, 2.24) is 5.43 Å². The molecule has 1 aromatic carbocycles. The second kappa shape index (κ2) is 7.14. The molecule has 0 aliphatic heterocycles. The monoisotopic (exact) mass is 295 g/mol. The van der Waals surface area contributed by atoms with Crippen LogP contribution in [0.25, 0.3) is 0 Å². The molecule has 4 N–H and O–H groups in total. The molecule has 0 radical (unpaired) electrons. The lowest BCUT2D eigenvalue weighted by Gasteiger charge is -2.05. The van der Waals surface area contributed by atoms with Crippen LogP contribution in [0.2, 0.25) is 0 Å². The van der Waals surface area contributed by atoms with Gasteiger partial charge in [-0.3, -0.25) is 20.3 Å². The van der Waals surface area contributed by atoms with Gasteiger partial charge in [-0.2, -0.15) is 5.10 Å². The molecule has 0 spiro atoms. The van der Waals surface area contributed by atoms with Crippen LogP contribution in [0.4, 0.5) is 11.4 Å². The Bertz CT molecular complexity index is 556. The molecule has 0 atom stereocenters. The van der Waals surface area contributed by atoms with E-state index in [-0.39, 0.29) is 23.1 Å². The van der Waals surface area contributed by atoms with Gasteiger partial charge in [0.05, 0.1) is 11.3 Å². The molecule has 106 valence electrons. The van der Waals surface area contributed by atoms with E-state index in [9.17, 15) is 14.9 Å². The van der Waals surface area contributed by atoms with Gasteiger partial charge in [0.15, 0.2) is 5.11 Å². The second-order valence-corrected chi connectivity index (χ2v) is 4.29. The van der Waals surface area contributed by atoms with Gasteiger partial charge in [-0.1, -0.05) is 0 Å². The number of nitro benzene ring substituents is 1. The van der Waals surface area contributed by atoms with Crippen LogP contribution in [0, 0.1) is 10.1 Å². The van der Waals surface area contributed by atoms with Crippen LogP contribution in [0.15, 0.2) is 29.4 Å². The summed E-state index contributed by atoms with van der Waals surface area (Å²) in [5.41, 5.74) is 8.49. The van der Waals surface area contributed by atoms with Gasteiger partial charge < -0.3 is 11.1 Å². The first-order chi connectivity index (χ1) is 9.38. The van der Waals surface area contributed by atoms with Crippen LogP contribution in [-0.2, 0) is 4.79 Å². The van der Waals surface area contributed by atoms with Crippen LogP contribution in [0.5, 0.6) is 0 Å². The average Bonchev–Trinajstić information content (AvgIpc) is 2.36. The molecule has 0 heterocycles. The Labute approximate surface area is 120 Å². The van der Waals surface area contributed by atoms with Crippen LogP contribution in [-0.4, -0.2) is 21.7 Å². The number of nitrogens with zero attached hydrogens (tertiary/aromatic N) is 2. The van der Waals surface area contributed by atoms with Crippen molar-refractivity contribution in [2.45, 2.75) is 13.3 Å². The van der Waals surface area contributed by atoms with E-state index in [4.69, 9.17) is 5.73 Å². The summed E-state index contributed by atoms with van der Waals surface area (Å²) < 4.78 is 0. The van der Waals surface area contributed by atoms with Crippen molar-refractivity contribution in [1.29, 1.82) is 0 Å². The Morgan fingerprint density at radius 2 is 2.05 bits per heavy atom. The number of anilines is 1. The number of nitrogens with two attached hydrogens (primary N) is 1. The number of thiocarbonyl (C=S) groups is 1. The number of amides is 1. The van der Waals surface area contributed by atoms with Crippen molar-refractivity contribution in [3.05, 3.63) is 34.4 Å². The maximum atomic E-state index is 11.7. The van der Waals surface area contributed by atoms with Crippen molar-refractivity contribution < 1.29 is 9.72 Å². The van der Waals surface area contributed by atoms with Crippen LogP contribution >= 0.6 is 12.2 Å². The number of hydrogen-bond donors (Lipinski definition) is 3. The minimum absolute atomic E-state index is 0.0140. The number of carbonyl (C=O) groups excluding carboxylic acids is 1. The predicted octanol–water partition coefficient (Wildman–Crippen LogP) is 1.13. The highest BCUT2D eigenvalue weighted by atomic mass is 32.1. The second-order valence-electron chi connectivity index (χ2n) is 3.85. The van der Waals surface area contributed by atoms with Crippen molar-refractivity contribution in [2.24, 2.45) is 10.8 Å². The number of rotatable bonds is 5. The average molecular weight is 295 g/mol. The molecular formula is C11H13N5O3S. The fraction of sp³-hybridized carbons (Fsp3) is 0.182. The zero-order chi connectivity index (χ0) is 15.1. The first-order valence-corrected chi connectivity index (χ1v) is 5.92. The molecule has 1 aromatic rings. The highest BCUT2D eigenvalue weighted by Crippen LogP contribution is 2.15. The fourth-order valence-corrected chi connectivity index (χ4v) is 1.34. The minimum Gasteiger partial charge on any atom is -0.375 e. The third kappa shape index (κ3) is 5.40. The Hall–Kier alpha value is -2.55. The topological polar surface area (TPSA) is 123 Å². The Kier molecular flexibility index (Phi) is 5.54. The molecule has 0 fully saturated rings. The predicted molar refractivity (Wildman–Crippen MR) is 79.4 cm³/mol. The van der Waals surface area contributed by atoms with Crippen molar-refractivity contribution in [2.75, 3.05) is 5.32 Å². The number of non-ortho nitro benzene ring substituents is 1. The van der Waals surface area contributed by atoms with Crippen molar-refractivity contribution in [3.8, 4) is 0 Å². The molecule has 0 unspecified atom stereocenters. The number of hydrogen-bond acceptors (Lipinski definition) is 5. The third-order valence-corrected chi connectivity index (χ3v) is 2.23. The lowest BCUT2D eigenvalue weighted by atomic mass is 10.2. The molecule has 0 aliphatic rings. The highest BCUT2D eigenvalue weighted by Gasteiger charge is 2.07. The summed E-state index contributed by atoms with van der Waals surface area (Å²) in [6.45, 7) is 1.64. The van der Waals surface area contributed by atoms with E-state index in [0.717, 1.165) is 0 Å². The molecule has 0 bridgehead atoms. The summed E-state index contributed by atoms with van der Waals surface area (Å²) in [4.78, 5) is 21.6. The summed E-state index contributed by atoms with van der Waals surface area (Å²) in [7, 11) is 0. The number of nitrogens with one attached hydrogen (secondary N) is 2. The third-order valence-electron chi connectivity index (χ3n) is 2.14. The van der Waals surface area contributed by atoms with E-state index < -0.39 is 4.92 Å². The largest absolute Gasteiger partial charge is 0.375 e. The molecular weight excluding hydrogens is 282 g/mol. The summed E-state index contributed by atoms with van der Waals surface area (Å²) in [6, 6.07) is 5.53. The zero-order valence-electron chi connectivity index (χ0n) is 10.6. The van der Waals surface area contributed by atoms with Crippen molar-refractivity contribution >= 4 is 40.3 Å². The molecule has 1 rings (SSSR count). The van der Waals surface area contributed by atoms with Gasteiger partial charge in [-0.25, -0.2) is 0 Å². The first-order valence-electron chi connectivity index (χ1n) is 5.51. The first kappa shape index (κ1) is 15.5. The lowest BCUT2D eigenvalue weighted by molar-refractivity contribution is -0.384. The SMILES string of the molecule is C/C(CC(=O)Nc1ccc([N+](=O)[O-])cc1)=N/NC(N)=S. The van der Waals surface area contributed by atoms with Gasteiger partial charge >= 0.3 is 0 Å². The van der Waals surface area contributed by atoms with Gasteiger partial charge in [-0.15, -0.1) is 0 Å². The number of benzene rings is 1. The fourth-order valence-electron chi connectivity index (χ4n) is 1.29. The summed E-state index contributed by atoms with van der Waals surface area (Å²) >= 11 is 4.57. The lowest BCUT2D eigenvalue weighted by Crippen LogP contribution is -2.26. The molecule has 0 aliphatic carbocycles. The zero-order valence-corrected chi connectivity index (χ0v) is 11.4. The van der Waals surface area contributed by atoms with Crippen LogP contribution in [0.1, 0.15) is 13.3 Å². The van der Waals surface area contributed by atoms with E-state index >= 15 is 0 Å². The van der Waals surface area contributed by atoms with Crippen LogP contribution in [0.3, 0.4) is 0 Å². The van der Waals surface area contributed by atoms with Crippen molar-refractivity contribution in [3.63, 3.8) is 0 Å². The minimum atomic E-state index is -0.510. The smallest absolute Gasteiger partial charge is 0.269 e. The maximum Gasteiger partial charge on any atom is 0.269 e. The molecule has 20 heavy (non-hydrogen) atoms. The number of carbonyl (C=O) groups is 1. The molecule has 8 nitrogen and oxygen atoms in total. The van der Waals surface area contributed by atoms with Gasteiger partial charge in [-0.05, 0) is 31.3 Å². The van der Waals surface area contributed by atoms with E-state index in [2.05, 4.69) is 28.1 Å². The van der Waals surface area contributed by atoms with E-state index in [0.29, 0.717) is 11.4 Å². The van der Waals surface area contributed by atoms with Gasteiger partial charge in [0, 0.05) is 23.5 Å². The summed E-state index contributed by atoms with van der Waals surface area (Å²) in [6.07, 6.45) is 0.0482. The van der Waals surface area contributed by atoms with Gasteiger partial charge in [0.2, 0.25) is 5.91 Å². The van der Waals surface area contributed by atoms with Crippen LogP contribution < -0.4 is 16.5 Å². The van der Waals surface area contributed by atoms with E-state index in [1.165, 1.54) is 24.3 Å². The molecule has 0 saturated carbocycles. The Morgan fingerprint density at radius 3 is 2.55 bits per heavy atom. The Morgan fingerprint density at radius 1 is 1.45 bits per heavy atom. The highest BCUT2D eigenvalue weighted by molar-refractivity contribution is 7.80. The maximum absolute atomic E-state index is 11.7.